The van der Waals surface area contributed by atoms with Gasteiger partial charge in [-0.2, -0.15) is 15.0 Å². The number of nitrogen functional groups attached to an aromatic ring is 5. The van der Waals surface area contributed by atoms with E-state index >= 15 is 0 Å². The number of amides is 1. The van der Waals surface area contributed by atoms with E-state index in [1.807, 2.05) is 87.5 Å². The first kappa shape index (κ1) is 61.8. The van der Waals surface area contributed by atoms with Crippen LogP contribution in [0.5, 0.6) is 0 Å². The van der Waals surface area contributed by atoms with E-state index < -0.39 is 11.1 Å². The summed E-state index contributed by atoms with van der Waals surface area (Å²) in [6, 6.07) is 0. The molecular formula is C51H75N27O4. The first-order valence-electron chi connectivity index (χ1n) is 25.7. The standard InChI is InChI=1S/C11H16N6.C11H15N3O2.C10H13N5O2.C10H15N5.C9H16N8/c1-6-15-9(12)7-8(10(13)16-6)17(5-14-7)11(2,3)4;1-11(2,3)14-6-13-8-4-7(15)5-12-10(16)9(8)14;1-10(2,3)15-4-12-5-6(15)8(17)14-9(11)13-7(5)16;1-6-13-8(11)7-9(14-6)15(5-12-7)10(2,3)4;1-9(2,3)17-4-12-5-6(15-10)13-8(16-11)14-7(5)17/h5H,1-4H3,(H3,12,13,15,16);6H,4-5H2,1-3H3,(H,12,16);4H,1-3H3,(H3,11,13,14,16,17);5H,1-4H3,(H2,11,13,14);4H,10-11H2,1-3H3,(H2,13,14,15,16). The van der Waals surface area contributed by atoms with Crippen molar-refractivity contribution < 1.29 is 9.59 Å². The molecule has 1 amide bonds. The highest BCUT2D eigenvalue weighted by Crippen LogP contribution is 2.27. The second-order valence-electron chi connectivity index (χ2n) is 24.0. The number of nitrogens with zero attached hydrogens (tertiary/aromatic N) is 17. The van der Waals surface area contributed by atoms with Crippen LogP contribution in [0, 0.1) is 19.3 Å². The minimum atomic E-state index is -0.612. The number of nitrogens with two attached hydrogens (primary N) is 5. The van der Waals surface area contributed by atoms with Gasteiger partial charge in [-0.3, -0.25) is 35.0 Å². The maximum absolute atomic E-state index is 11.9. The molecule has 0 saturated heterocycles. The molecule has 1 aliphatic heterocycles. The Hall–Kier alpha value is -9.39. The summed E-state index contributed by atoms with van der Waals surface area (Å²) in [5.74, 6) is 13.0. The molecule has 31 heteroatoms. The molecule has 438 valence electrons. The van der Waals surface area contributed by atoms with Gasteiger partial charge in [-0.25, -0.2) is 56.5 Å². The first-order chi connectivity index (χ1) is 37.9. The van der Waals surface area contributed by atoms with Gasteiger partial charge in [0, 0.05) is 27.7 Å². The molecule has 0 saturated carbocycles. The van der Waals surface area contributed by atoms with Gasteiger partial charge in [0.1, 0.15) is 39.4 Å². The Morgan fingerprint density at radius 2 is 1.00 bits per heavy atom. The molecule has 0 aromatic carbocycles. The van der Waals surface area contributed by atoms with Gasteiger partial charge < -0.3 is 50.8 Å². The average molecular weight is 1130 g/mol. The van der Waals surface area contributed by atoms with Crippen molar-refractivity contribution in [2.45, 2.75) is 152 Å². The Morgan fingerprint density at radius 3 is 1.55 bits per heavy atom. The molecule has 0 aliphatic carbocycles. The number of carbonyl (C=O) groups is 2. The zero-order chi connectivity index (χ0) is 61.4. The summed E-state index contributed by atoms with van der Waals surface area (Å²) < 4.78 is 9.31. The molecule has 0 fully saturated rings. The van der Waals surface area contributed by atoms with Gasteiger partial charge in [0.25, 0.3) is 11.5 Å². The Kier molecular flexibility index (Phi) is 17.3. The number of hydrogen-bond acceptors (Lipinski definition) is 24. The first-order valence-corrected chi connectivity index (χ1v) is 25.7. The van der Waals surface area contributed by atoms with Crippen LogP contribution in [-0.4, -0.2) is 106 Å². The molecule has 15 N–H and O–H groups in total. The van der Waals surface area contributed by atoms with Crippen molar-refractivity contribution >= 4 is 85.4 Å². The van der Waals surface area contributed by atoms with Crippen LogP contribution in [0.2, 0.25) is 0 Å². The highest BCUT2D eigenvalue weighted by atomic mass is 16.2. The van der Waals surface area contributed by atoms with Crippen LogP contribution in [0.4, 0.5) is 29.4 Å². The molecule has 82 heavy (non-hydrogen) atoms. The molecule has 10 rings (SSSR count). The minimum Gasteiger partial charge on any atom is -0.382 e. The van der Waals surface area contributed by atoms with Gasteiger partial charge in [-0.15, -0.1) is 0 Å². The van der Waals surface area contributed by atoms with E-state index in [0.717, 1.165) is 5.65 Å². The summed E-state index contributed by atoms with van der Waals surface area (Å²) in [5, 5.41) is 10.5. The number of aromatic nitrogens is 18. The van der Waals surface area contributed by atoms with Crippen LogP contribution in [0.15, 0.2) is 41.2 Å². The molecule has 0 atom stereocenters. The van der Waals surface area contributed by atoms with E-state index in [9.17, 15) is 19.2 Å². The number of aryl methyl sites for hydroxylation is 2. The summed E-state index contributed by atoms with van der Waals surface area (Å²) >= 11 is 0. The normalized spacial score (nSPS) is 12.9. The highest BCUT2D eigenvalue weighted by Gasteiger charge is 2.29. The van der Waals surface area contributed by atoms with Crippen molar-refractivity contribution in [3.8, 4) is 0 Å². The van der Waals surface area contributed by atoms with Gasteiger partial charge in [0.15, 0.2) is 51.1 Å². The number of rotatable bonds is 2. The van der Waals surface area contributed by atoms with E-state index in [4.69, 9.17) is 34.3 Å². The number of imidazole rings is 5. The third-order valence-corrected chi connectivity index (χ3v) is 12.1. The number of hydrogen-bond donors (Lipinski definition) is 10. The van der Waals surface area contributed by atoms with Gasteiger partial charge in [-0.1, -0.05) is 0 Å². The molecule has 0 radical (unpaired) electrons. The quantitative estimate of drug-likeness (QED) is 0.0878. The van der Waals surface area contributed by atoms with E-state index in [0.29, 0.717) is 68.2 Å². The topological polar surface area (TPSA) is 453 Å². The number of anilines is 5. The maximum atomic E-state index is 11.9. The van der Waals surface area contributed by atoms with Crippen LogP contribution >= 0.6 is 0 Å². The van der Waals surface area contributed by atoms with Crippen LogP contribution in [-0.2, 0) is 38.9 Å². The average Bonchev–Trinajstić information content (AvgIpc) is 4.42. The second kappa shape index (κ2) is 23.0. The van der Waals surface area contributed by atoms with Crippen molar-refractivity contribution in [2.75, 3.05) is 34.6 Å². The van der Waals surface area contributed by atoms with Crippen molar-refractivity contribution in [3.63, 3.8) is 0 Å². The lowest BCUT2D eigenvalue weighted by molar-refractivity contribution is -0.117. The molecular weight excluding hydrogens is 1050 g/mol. The number of ketones is 1. The lowest BCUT2D eigenvalue weighted by Gasteiger charge is -2.23. The molecule has 0 unspecified atom stereocenters. The third-order valence-electron chi connectivity index (χ3n) is 12.1. The molecule has 0 spiro atoms. The maximum Gasteiger partial charge on any atom is 0.301 e. The highest BCUT2D eigenvalue weighted by molar-refractivity contribution is 6.00. The second-order valence-corrected chi connectivity index (χ2v) is 24.0. The number of hydrazine groups is 2. The van der Waals surface area contributed by atoms with Crippen LogP contribution in [0.1, 0.15) is 132 Å². The molecule has 10 heterocycles. The van der Waals surface area contributed by atoms with Crippen LogP contribution < -0.4 is 61.7 Å². The number of carbonyl (C=O) groups excluding carboxylic acids is 2. The summed E-state index contributed by atoms with van der Waals surface area (Å²) in [4.78, 5) is 98.5. The Labute approximate surface area is 470 Å². The van der Waals surface area contributed by atoms with E-state index in [1.54, 1.807) is 36.8 Å². The fourth-order valence-corrected chi connectivity index (χ4v) is 8.20. The fraction of sp³-hybridized carbons (Fsp3) is 0.471. The van der Waals surface area contributed by atoms with Gasteiger partial charge in [-0.05, 0) is 118 Å². The minimum absolute atomic E-state index is 0.00809. The molecule has 9 aromatic heterocycles. The summed E-state index contributed by atoms with van der Waals surface area (Å²) in [5.41, 5.74) is 25.3. The Bertz CT molecular complexity index is 4040. The number of H-pyrrole nitrogens is 1. The van der Waals surface area contributed by atoms with E-state index in [2.05, 4.69) is 123 Å². The van der Waals surface area contributed by atoms with Crippen molar-refractivity contribution in [2.24, 2.45) is 11.7 Å². The van der Waals surface area contributed by atoms with Crippen LogP contribution in [0.3, 0.4) is 0 Å². The Morgan fingerprint density at radius 1 is 0.524 bits per heavy atom. The number of aromatic amines is 1. The number of nitrogens with one attached hydrogen (secondary N) is 5. The largest absolute Gasteiger partial charge is 0.382 e. The predicted molar refractivity (Wildman–Crippen MR) is 313 cm³/mol. The van der Waals surface area contributed by atoms with Gasteiger partial charge >= 0.3 is 5.56 Å². The summed E-state index contributed by atoms with van der Waals surface area (Å²) in [6.45, 7) is 33.9. The molecule has 1 aliphatic rings. The van der Waals surface area contributed by atoms with Crippen molar-refractivity contribution in [3.05, 3.63) is 80.9 Å². The van der Waals surface area contributed by atoms with Gasteiger partial charge in [0.05, 0.1) is 50.3 Å². The zero-order valence-electron chi connectivity index (χ0n) is 49.4. The predicted octanol–water partition coefficient (Wildman–Crippen LogP) is 2.89. The fourth-order valence-electron chi connectivity index (χ4n) is 8.20. The van der Waals surface area contributed by atoms with Crippen LogP contribution in [0.25, 0.3) is 44.4 Å². The summed E-state index contributed by atoms with van der Waals surface area (Å²) in [7, 11) is 0. The van der Waals surface area contributed by atoms with Gasteiger partial charge in [0.2, 0.25) is 11.9 Å². The molecule has 31 nitrogen and oxygen atoms in total. The number of fused-ring (bicyclic) bond motifs is 5. The van der Waals surface area contributed by atoms with E-state index in [1.165, 1.54) is 6.33 Å². The molecule has 0 bridgehead atoms. The summed E-state index contributed by atoms with van der Waals surface area (Å²) in [6.07, 6.45) is 8.46. The monoisotopic (exact) mass is 1130 g/mol. The molecule has 9 aromatic rings. The Balaban J connectivity index is 0.000000165. The third kappa shape index (κ3) is 13.6. The lowest BCUT2D eigenvalue weighted by atomic mass is 10.1. The smallest absolute Gasteiger partial charge is 0.301 e. The van der Waals surface area contributed by atoms with E-state index in [-0.39, 0.29) is 80.8 Å². The van der Waals surface area contributed by atoms with Crippen molar-refractivity contribution in [1.82, 2.24) is 92.9 Å². The number of Topliss-reactive ketones (excluding diaryl/α,β-unsaturated/α-hetero) is 1. The zero-order valence-corrected chi connectivity index (χ0v) is 49.4. The lowest BCUT2D eigenvalue weighted by Crippen LogP contribution is -2.32. The SMILES string of the molecule is CC(C)(C)n1cnc2c(=O)nc(N)[nH]c(=O)c21.CC(C)(C)n1cnc2c(NN)nc(NN)nc21.CC(C)(C)n1cnc2c1C(=O)NCC(=O)C2.Cc1nc(N)c2c(ncn2C(C)(C)C)c(=N)n1.Cc1nc(N)c2ncn(C(C)(C)C)c2n1. The van der Waals surface area contributed by atoms with Crippen molar-refractivity contribution in [1.29, 1.82) is 5.41 Å².